The molecular weight excluding hydrogens is 216 g/mol. The summed E-state index contributed by atoms with van der Waals surface area (Å²) in [6, 6.07) is 0. The highest BCUT2D eigenvalue weighted by Crippen LogP contribution is 2.58. The van der Waals surface area contributed by atoms with Gasteiger partial charge in [0.15, 0.2) is 0 Å². The van der Waals surface area contributed by atoms with Crippen molar-refractivity contribution in [2.75, 3.05) is 13.2 Å². The molecule has 1 aliphatic heterocycles. The van der Waals surface area contributed by atoms with Crippen molar-refractivity contribution < 1.29 is 9.53 Å². The summed E-state index contributed by atoms with van der Waals surface area (Å²) < 4.78 is 5.65. The Balaban J connectivity index is 2.08. The molecule has 0 aromatic rings. The minimum Gasteiger partial charge on any atom is -0.377 e. The molecule has 4 heteroatoms. The van der Waals surface area contributed by atoms with Crippen LogP contribution >= 0.6 is 0 Å². The maximum absolute atomic E-state index is 12.2. The molecule has 94 valence electrons. The van der Waals surface area contributed by atoms with Gasteiger partial charge in [-0.3, -0.25) is 4.79 Å². The number of amides is 1. The van der Waals surface area contributed by atoms with Crippen LogP contribution in [0.25, 0.3) is 0 Å². The fraction of sp³-hybridized carbons (Fsp3) is 0.769. The summed E-state index contributed by atoms with van der Waals surface area (Å²) in [5.74, 6) is 2.55. The van der Waals surface area contributed by atoms with Crippen LogP contribution in [0.15, 0.2) is 0 Å². The van der Waals surface area contributed by atoms with Crippen molar-refractivity contribution in [2.45, 2.75) is 38.3 Å². The van der Waals surface area contributed by atoms with Gasteiger partial charge in [-0.2, -0.15) is 0 Å². The minimum absolute atomic E-state index is 0.0931. The number of hydrogen-bond donors (Lipinski definition) is 2. The smallest absolute Gasteiger partial charge is 0.241 e. The first-order valence-electron chi connectivity index (χ1n) is 6.08. The number of carbonyl (C=O) groups excluding carboxylic acids is 1. The van der Waals surface area contributed by atoms with Gasteiger partial charge in [-0.1, -0.05) is 13.8 Å². The monoisotopic (exact) mass is 236 g/mol. The summed E-state index contributed by atoms with van der Waals surface area (Å²) in [6.45, 7) is 5.19. The second-order valence-electron chi connectivity index (χ2n) is 5.49. The molecule has 2 aliphatic rings. The van der Waals surface area contributed by atoms with Crippen LogP contribution in [0.1, 0.15) is 26.7 Å². The highest BCUT2D eigenvalue weighted by atomic mass is 16.5. The van der Waals surface area contributed by atoms with Crippen LogP contribution in [-0.4, -0.2) is 30.7 Å². The van der Waals surface area contributed by atoms with Gasteiger partial charge >= 0.3 is 0 Å². The molecule has 1 saturated carbocycles. The fourth-order valence-electron chi connectivity index (χ4n) is 3.24. The summed E-state index contributed by atoms with van der Waals surface area (Å²) in [7, 11) is 0. The van der Waals surface area contributed by atoms with Gasteiger partial charge in [-0.15, -0.1) is 12.3 Å². The SMILES string of the molecule is C#CCCNC(=O)C1(N)C2CCOC2C1(C)C. The van der Waals surface area contributed by atoms with Crippen LogP contribution in [0.4, 0.5) is 0 Å². The van der Waals surface area contributed by atoms with Crippen LogP contribution in [-0.2, 0) is 9.53 Å². The summed E-state index contributed by atoms with van der Waals surface area (Å²) >= 11 is 0. The Bertz CT molecular complexity index is 372. The van der Waals surface area contributed by atoms with Crippen LogP contribution in [0.2, 0.25) is 0 Å². The van der Waals surface area contributed by atoms with E-state index in [0.717, 1.165) is 6.42 Å². The molecule has 3 atom stereocenters. The number of terminal acetylenes is 1. The number of hydrogen-bond acceptors (Lipinski definition) is 3. The quantitative estimate of drug-likeness (QED) is 0.546. The molecule has 0 spiro atoms. The number of nitrogens with one attached hydrogen (secondary N) is 1. The van der Waals surface area contributed by atoms with E-state index in [4.69, 9.17) is 16.9 Å². The van der Waals surface area contributed by atoms with E-state index in [0.29, 0.717) is 19.6 Å². The van der Waals surface area contributed by atoms with E-state index >= 15 is 0 Å². The standard InChI is InChI=1S/C13H20N2O2/c1-4-5-7-15-11(16)13(14)9-6-8-17-10(9)12(13,2)3/h1,9-10H,5-8,14H2,2-3H3,(H,15,16). The third-order valence-corrected chi connectivity index (χ3v) is 4.38. The van der Waals surface area contributed by atoms with Crippen LogP contribution in [0.5, 0.6) is 0 Å². The van der Waals surface area contributed by atoms with Gasteiger partial charge in [0.05, 0.1) is 6.10 Å². The Labute approximate surface area is 102 Å². The van der Waals surface area contributed by atoms with E-state index in [1.165, 1.54) is 0 Å². The molecule has 1 aliphatic carbocycles. The lowest BCUT2D eigenvalue weighted by molar-refractivity contribution is -0.175. The van der Waals surface area contributed by atoms with Crippen LogP contribution < -0.4 is 11.1 Å². The summed E-state index contributed by atoms with van der Waals surface area (Å²) in [5, 5.41) is 2.83. The van der Waals surface area contributed by atoms with Gasteiger partial charge in [0, 0.05) is 30.9 Å². The molecule has 0 bridgehead atoms. The van der Waals surface area contributed by atoms with Crippen LogP contribution in [0.3, 0.4) is 0 Å². The van der Waals surface area contributed by atoms with E-state index in [1.807, 2.05) is 13.8 Å². The number of fused-ring (bicyclic) bond motifs is 1. The molecule has 17 heavy (non-hydrogen) atoms. The Hall–Kier alpha value is -1.05. The molecule has 1 saturated heterocycles. The average molecular weight is 236 g/mol. The van der Waals surface area contributed by atoms with E-state index in [1.54, 1.807) is 0 Å². The zero-order chi connectivity index (χ0) is 12.7. The second kappa shape index (κ2) is 4.01. The Morgan fingerprint density at radius 3 is 3.00 bits per heavy atom. The largest absolute Gasteiger partial charge is 0.377 e. The van der Waals surface area contributed by atoms with Crippen molar-refractivity contribution >= 4 is 5.91 Å². The van der Waals surface area contributed by atoms with E-state index in [-0.39, 0.29) is 23.3 Å². The van der Waals surface area contributed by atoms with Crippen molar-refractivity contribution in [1.82, 2.24) is 5.32 Å². The molecule has 3 unspecified atom stereocenters. The average Bonchev–Trinajstić information content (AvgIpc) is 2.75. The van der Waals surface area contributed by atoms with Crippen molar-refractivity contribution in [2.24, 2.45) is 17.1 Å². The van der Waals surface area contributed by atoms with Gasteiger partial charge in [-0.25, -0.2) is 0 Å². The first-order valence-corrected chi connectivity index (χ1v) is 6.08. The molecular formula is C13H20N2O2. The van der Waals surface area contributed by atoms with Gasteiger partial charge in [0.1, 0.15) is 5.54 Å². The third-order valence-electron chi connectivity index (χ3n) is 4.38. The molecule has 4 nitrogen and oxygen atoms in total. The number of carbonyl (C=O) groups is 1. The molecule has 2 fully saturated rings. The van der Waals surface area contributed by atoms with Crippen molar-refractivity contribution in [1.29, 1.82) is 0 Å². The van der Waals surface area contributed by atoms with Gasteiger partial charge < -0.3 is 15.8 Å². The zero-order valence-corrected chi connectivity index (χ0v) is 10.5. The maximum atomic E-state index is 12.2. The maximum Gasteiger partial charge on any atom is 0.241 e. The number of ether oxygens (including phenoxy) is 1. The van der Waals surface area contributed by atoms with Gasteiger partial charge in [-0.05, 0) is 6.42 Å². The predicted molar refractivity (Wildman–Crippen MR) is 65.0 cm³/mol. The predicted octanol–water partition coefficient (Wildman–Crippen LogP) is 0.268. The Kier molecular flexibility index (Phi) is 2.92. The van der Waals surface area contributed by atoms with E-state index in [2.05, 4.69) is 11.2 Å². The molecule has 1 amide bonds. The highest BCUT2D eigenvalue weighted by Gasteiger charge is 2.71. The number of nitrogens with two attached hydrogens (primary N) is 1. The van der Waals surface area contributed by atoms with Gasteiger partial charge in [0.2, 0.25) is 5.91 Å². The number of rotatable bonds is 3. The topological polar surface area (TPSA) is 64.4 Å². The van der Waals surface area contributed by atoms with Crippen molar-refractivity contribution in [3.05, 3.63) is 0 Å². The summed E-state index contributed by atoms with van der Waals surface area (Å²) in [5.41, 5.74) is 5.22. The molecule has 3 N–H and O–H groups in total. The van der Waals surface area contributed by atoms with Gasteiger partial charge in [0.25, 0.3) is 0 Å². The second-order valence-corrected chi connectivity index (χ2v) is 5.49. The Morgan fingerprint density at radius 2 is 2.35 bits per heavy atom. The van der Waals surface area contributed by atoms with Crippen molar-refractivity contribution in [3.8, 4) is 12.3 Å². The normalized spacial score (nSPS) is 37.8. The third kappa shape index (κ3) is 1.50. The van der Waals surface area contributed by atoms with E-state index in [9.17, 15) is 4.79 Å². The lowest BCUT2D eigenvalue weighted by Gasteiger charge is -2.60. The first kappa shape index (κ1) is 12.4. The molecule has 0 radical (unpaired) electrons. The minimum atomic E-state index is -0.817. The fourth-order valence-corrected chi connectivity index (χ4v) is 3.24. The van der Waals surface area contributed by atoms with Crippen LogP contribution in [0, 0.1) is 23.7 Å². The highest BCUT2D eigenvalue weighted by molar-refractivity contribution is 5.89. The summed E-state index contributed by atoms with van der Waals surface area (Å²) in [4.78, 5) is 12.2. The lowest BCUT2D eigenvalue weighted by atomic mass is 9.48. The molecule has 2 rings (SSSR count). The lowest BCUT2D eigenvalue weighted by Crippen LogP contribution is -2.80. The first-order chi connectivity index (χ1) is 7.96. The zero-order valence-electron chi connectivity index (χ0n) is 10.5. The molecule has 1 heterocycles. The summed E-state index contributed by atoms with van der Waals surface area (Å²) in [6.07, 6.45) is 6.68. The molecule has 0 aromatic carbocycles. The van der Waals surface area contributed by atoms with E-state index < -0.39 is 5.54 Å². The van der Waals surface area contributed by atoms with Crippen molar-refractivity contribution in [3.63, 3.8) is 0 Å². The molecule has 0 aromatic heterocycles. The Morgan fingerprint density at radius 1 is 1.65 bits per heavy atom.